The highest BCUT2D eigenvalue weighted by atomic mass is 35.5. The van der Waals surface area contributed by atoms with Crippen LogP contribution in [0.15, 0.2) is 48.5 Å². The third-order valence-electron chi connectivity index (χ3n) is 3.72. The Hall–Kier alpha value is -2.14. The fourth-order valence-electron chi connectivity index (χ4n) is 2.63. The number of nitro groups is 1. The fourth-order valence-corrected chi connectivity index (χ4v) is 2.75. The number of rotatable bonds is 3. The average molecular weight is 307 g/mol. The molecule has 1 aliphatic rings. The molecule has 4 nitrogen and oxygen atoms in total. The molecule has 0 bridgehead atoms. The van der Waals surface area contributed by atoms with E-state index in [2.05, 4.69) is 0 Å². The molecule has 0 unspecified atom stereocenters. The lowest BCUT2D eigenvalue weighted by Gasteiger charge is -2.44. The zero-order chi connectivity index (χ0) is 15.0. The fraction of sp³-hybridized carbons (Fsp3) is 0.200. The van der Waals surface area contributed by atoms with Gasteiger partial charge in [-0.25, -0.2) is 4.39 Å². The smallest absolute Gasteiger partial charge is 0.254 e. The molecule has 0 aliphatic carbocycles. The van der Waals surface area contributed by atoms with Crippen LogP contribution in [0.2, 0.25) is 5.02 Å². The van der Waals surface area contributed by atoms with Gasteiger partial charge in [-0.05, 0) is 42.0 Å². The van der Waals surface area contributed by atoms with E-state index in [1.54, 1.807) is 36.4 Å². The molecule has 0 radical (unpaired) electrons. The average Bonchev–Trinajstić information content (AvgIpc) is 2.42. The van der Waals surface area contributed by atoms with E-state index in [0.29, 0.717) is 11.6 Å². The first kappa shape index (κ1) is 13.8. The van der Waals surface area contributed by atoms with Crippen LogP contribution in [0, 0.1) is 15.9 Å². The van der Waals surface area contributed by atoms with Crippen LogP contribution in [0.25, 0.3) is 0 Å². The summed E-state index contributed by atoms with van der Waals surface area (Å²) in [6.07, 6.45) is 0. The largest absolute Gasteiger partial charge is 0.351 e. The van der Waals surface area contributed by atoms with Gasteiger partial charge in [0.25, 0.3) is 6.04 Å². The van der Waals surface area contributed by atoms with Crippen LogP contribution >= 0.6 is 11.6 Å². The van der Waals surface area contributed by atoms with Crippen LogP contribution in [0.3, 0.4) is 0 Å². The molecule has 2 aromatic rings. The van der Waals surface area contributed by atoms with Gasteiger partial charge < -0.3 is 4.90 Å². The lowest BCUT2D eigenvalue weighted by molar-refractivity contribution is -0.534. The zero-order valence-corrected chi connectivity index (χ0v) is 11.7. The predicted octanol–water partition coefficient (Wildman–Crippen LogP) is 3.69. The molecule has 6 heteroatoms. The van der Waals surface area contributed by atoms with Gasteiger partial charge in [0, 0.05) is 15.6 Å². The molecule has 2 atom stereocenters. The molecule has 0 spiro atoms. The van der Waals surface area contributed by atoms with Crippen molar-refractivity contribution in [1.82, 2.24) is 0 Å². The van der Waals surface area contributed by atoms with Crippen molar-refractivity contribution >= 4 is 17.3 Å². The Kier molecular flexibility index (Phi) is 3.51. The van der Waals surface area contributed by atoms with Gasteiger partial charge in [-0.15, -0.1) is 0 Å². The molecule has 0 saturated carbocycles. The normalized spacial score (nSPS) is 21.0. The number of anilines is 1. The van der Waals surface area contributed by atoms with Crippen molar-refractivity contribution in [3.05, 3.63) is 75.0 Å². The molecular formula is C15H12ClFN2O2. The van der Waals surface area contributed by atoms with E-state index >= 15 is 0 Å². The summed E-state index contributed by atoms with van der Waals surface area (Å²) in [6.45, 7) is 0.311. The van der Waals surface area contributed by atoms with E-state index in [1.807, 2.05) is 4.90 Å². The van der Waals surface area contributed by atoms with Crippen molar-refractivity contribution in [3.63, 3.8) is 0 Å². The minimum absolute atomic E-state index is 0.265. The van der Waals surface area contributed by atoms with E-state index in [0.717, 1.165) is 11.3 Å². The number of halogens is 2. The quantitative estimate of drug-likeness (QED) is 0.642. The summed E-state index contributed by atoms with van der Waals surface area (Å²) in [5, 5.41) is 11.7. The number of nitrogens with zero attached hydrogens (tertiary/aromatic N) is 2. The summed E-state index contributed by atoms with van der Waals surface area (Å²) in [7, 11) is 0. The standard InChI is InChI=1S/C15H12ClFN2O2/c16-11-3-1-10(2-4-11)15-14(19(20)21)9-18(15)13-7-5-12(17)6-8-13/h1-8,14-15H,9H2/t14-,15+/m0/s1. The monoisotopic (exact) mass is 306 g/mol. The minimum atomic E-state index is -0.670. The second-order valence-electron chi connectivity index (χ2n) is 4.98. The van der Waals surface area contributed by atoms with Crippen molar-refractivity contribution < 1.29 is 9.31 Å². The van der Waals surface area contributed by atoms with E-state index in [4.69, 9.17) is 11.6 Å². The lowest BCUT2D eigenvalue weighted by atomic mass is 9.89. The van der Waals surface area contributed by atoms with Gasteiger partial charge in [-0.3, -0.25) is 10.1 Å². The third-order valence-corrected chi connectivity index (χ3v) is 3.98. The Morgan fingerprint density at radius 3 is 2.33 bits per heavy atom. The summed E-state index contributed by atoms with van der Waals surface area (Å²) in [5.74, 6) is -0.326. The highest BCUT2D eigenvalue weighted by Gasteiger charge is 2.48. The Bertz CT molecular complexity index is 660. The zero-order valence-electron chi connectivity index (χ0n) is 10.9. The highest BCUT2D eigenvalue weighted by Crippen LogP contribution is 2.39. The SMILES string of the molecule is O=[N+]([O-])[C@H]1CN(c2ccc(F)cc2)[C@@H]1c1ccc(Cl)cc1. The first-order chi connectivity index (χ1) is 10.1. The van der Waals surface area contributed by atoms with Crippen LogP contribution in [0.4, 0.5) is 10.1 Å². The van der Waals surface area contributed by atoms with Crippen LogP contribution < -0.4 is 4.90 Å². The van der Waals surface area contributed by atoms with Gasteiger partial charge in [-0.2, -0.15) is 0 Å². The highest BCUT2D eigenvalue weighted by molar-refractivity contribution is 6.30. The van der Waals surface area contributed by atoms with Crippen molar-refractivity contribution in [2.75, 3.05) is 11.4 Å². The summed E-state index contributed by atoms with van der Waals surface area (Å²) < 4.78 is 13.0. The second kappa shape index (κ2) is 5.33. The van der Waals surface area contributed by atoms with Crippen LogP contribution in [-0.4, -0.2) is 17.5 Å². The Morgan fingerprint density at radius 2 is 1.76 bits per heavy atom. The molecule has 3 rings (SSSR count). The molecule has 108 valence electrons. The Labute approximate surface area is 125 Å². The van der Waals surface area contributed by atoms with Crippen molar-refractivity contribution in [2.45, 2.75) is 12.1 Å². The van der Waals surface area contributed by atoms with Crippen LogP contribution in [-0.2, 0) is 0 Å². The lowest BCUT2D eigenvalue weighted by Crippen LogP contribution is -2.57. The van der Waals surface area contributed by atoms with Crippen molar-refractivity contribution in [2.24, 2.45) is 0 Å². The molecule has 0 aromatic heterocycles. The molecule has 1 saturated heterocycles. The predicted molar refractivity (Wildman–Crippen MR) is 78.7 cm³/mol. The van der Waals surface area contributed by atoms with E-state index < -0.39 is 6.04 Å². The van der Waals surface area contributed by atoms with Crippen LogP contribution in [0.5, 0.6) is 0 Å². The van der Waals surface area contributed by atoms with Gasteiger partial charge in [-0.1, -0.05) is 23.7 Å². The molecule has 1 aliphatic heterocycles. The van der Waals surface area contributed by atoms with Gasteiger partial charge in [0.2, 0.25) is 0 Å². The van der Waals surface area contributed by atoms with Gasteiger partial charge in [0.1, 0.15) is 11.9 Å². The minimum Gasteiger partial charge on any atom is -0.351 e. The number of hydrogen-bond donors (Lipinski definition) is 0. The maximum Gasteiger partial charge on any atom is 0.254 e. The molecular weight excluding hydrogens is 295 g/mol. The van der Waals surface area contributed by atoms with Gasteiger partial charge in [0.05, 0.1) is 6.54 Å². The maximum absolute atomic E-state index is 13.0. The van der Waals surface area contributed by atoms with E-state index in [1.165, 1.54) is 12.1 Å². The van der Waals surface area contributed by atoms with Gasteiger partial charge in [0.15, 0.2) is 0 Å². The number of hydrogen-bond acceptors (Lipinski definition) is 3. The Morgan fingerprint density at radius 1 is 1.14 bits per heavy atom. The van der Waals surface area contributed by atoms with Gasteiger partial charge >= 0.3 is 0 Å². The van der Waals surface area contributed by atoms with Crippen molar-refractivity contribution in [3.8, 4) is 0 Å². The Balaban J connectivity index is 1.93. The third kappa shape index (κ3) is 2.56. The molecule has 0 amide bonds. The maximum atomic E-state index is 13.0. The first-order valence-electron chi connectivity index (χ1n) is 6.47. The number of benzene rings is 2. The summed E-state index contributed by atoms with van der Waals surface area (Å²) in [6, 6.07) is 12.0. The van der Waals surface area contributed by atoms with Crippen LogP contribution in [0.1, 0.15) is 11.6 Å². The molecule has 1 heterocycles. The van der Waals surface area contributed by atoms with E-state index in [9.17, 15) is 14.5 Å². The van der Waals surface area contributed by atoms with Crippen molar-refractivity contribution in [1.29, 1.82) is 0 Å². The summed E-state index contributed by atoms with van der Waals surface area (Å²) in [4.78, 5) is 12.8. The molecule has 0 N–H and O–H groups in total. The molecule has 2 aromatic carbocycles. The molecule has 21 heavy (non-hydrogen) atoms. The second-order valence-corrected chi connectivity index (χ2v) is 5.41. The topological polar surface area (TPSA) is 46.4 Å². The summed E-state index contributed by atoms with van der Waals surface area (Å²) >= 11 is 5.86. The first-order valence-corrected chi connectivity index (χ1v) is 6.85. The van der Waals surface area contributed by atoms with E-state index in [-0.39, 0.29) is 16.8 Å². The summed E-state index contributed by atoms with van der Waals surface area (Å²) in [5.41, 5.74) is 1.60. The molecule has 1 fully saturated rings.